The van der Waals surface area contributed by atoms with Crippen molar-refractivity contribution >= 4 is 15.9 Å². The fourth-order valence-corrected chi connectivity index (χ4v) is 2.43. The van der Waals surface area contributed by atoms with Gasteiger partial charge in [-0.05, 0) is 45.1 Å². The van der Waals surface area contributed by atoms with Crippen LogP contribution in [0, 0.1) is 11.6 Å². The highest BCUT2D eigenvalue weighted by Crippen LogP contribution is 2.32. The normalized spacial score (nSPS) is 11.5. The Morgan fingerprint density at radius 1 is 1.05 bits per heavy atom. The molecule has 0 aromatic heterocycles. The molecule has 2 rings (SSSR count). The molecule has 0 saturated heterocycles. The Kier molecular flexibility index (Phi) is 4.67. The first-order chi connectivity index (χ1) is 9.80. The lowest BCUT2D eigenvalue weighted by atomic mass is 9.86. The number of hydrogen-bond acceptors (Lipinski definition) is 1. The molecule has 0 radical (unpaired) electrons. The summed E-state index contributed by atoms with van der Waals surface area (Å²) < 4.78 is 33.6. The van der Waals surface area contributed by atoms with E-state index in [0.717, 1.165) is 5.56 Å². The van der Waals surface area contributed by atoms with Gasteiger partial charge in [-0.3, -0.25) is 0 Å². The van der Waals surface area contributed by atoms with Crippen molar-refractivity contribution in [3.8, 4) is 5.75 Å². The van der Waals surface area contributed by atoms with E-state index in [2.05, 4.69) is 36.7 Å². The van der Waals surface area contributed by atoms with Crippen LogP contribution in [0.2, 0.25) is 0 Å². The van der Waals surface area contributed by atoms with E-state index < -0.39 is 11.6 Å². The summed E-state index contributed by atoms with van der Waals surface area (Å²) >= 11 is 3.06. The lowest BCUT2D eigenvalue weighted by molar-refractivity contribution is 0.284. The minimum absolute atomic E-state index is 0.0758. The molecule has 0 unspecified atom stereocenters. The van der Waals surface area contributed by atoms with Gasteiger partial charge in [0.1, 0.15) is 24.0 Å². The largest absolute Gasteiger partial charge is 0.488 e. The van der Waals surface area contributed by atoms with Gasteiger partial charge in [-0.25, -0.2) is 8.78 Å². The zero-order chi connectivity index (χ0) is 15.6. The third-order valence-electron chi connectivity index (χ3n) is 3.21. The van der Waals surface area contributed by atoms with Crippen molar-refractivity contribution in [3.63, 3.8) is 0 Å². The molecule has 0 saturated carbocycles. The molecule has 0 aliphatic carbocycles. The first-order valence-corrected chi connectivity index (χ1v) is 7.44. The van der Waals surface area contributed by atoms with Gasteiger partial charge < -0.3 is 4.74 Å². The van der Waals surface area contributed by atoms with Gasteiger partial charge >= 0.3 is 0 Å². The lowest BCUT2D eigenvalue weighted by Gasteiger charge is -2.22. The molecule has 0 atom stereocenters. The summed E-state index contributed by atoms with van der Waals surface area (Å²) in [5, 5.41) is 0. The highest BCUT2D eigenvalue weighted by molar-refractivity contribution is 9.10. The van der Waals surface area contributed by atoms with Crippen molar-refractivity contribution in [2.75, 3.05) is 0 Å². The van der Waals surface area contributed by atoms with Crippen LogP contribution in [0.5, 0.6) is 5.75 Å². The minimum atomic E-state index is -0.622. The molecule has 0 heterocycles. The average molecular weight is 355 g/mol. The number of para-hydroxylation sites is 1. The lowest BCUT2D eigenvalue weighted by Crippen LogP contribution is -2.13. The van der Waals surface area contributed by atoms with E-state index in [1.54, 1.807) is 0 Å². The summed E-state index contributed by atoms with van der Waals surface area (Å²) in [6.45, 7) is 6.05. The zero-order valence-corrected chi connectivity index (χ0v) is 13.8. The van der Waals surface area contributed by atoms with Crippen LogP contribution in [0.4, 0.5) is 8.78 Å². The van der Waals surface area contributed by atoms with Gasteiger partial charge in [-0.15, -0.1) is 0 Å². The Morgan fingerprint density at radius 2 is 1.71 bits per heavy atom. The molecular weight excluding hydrogens is 338 g/mol. The van der Waals surface area contributed by atoms with E-state index in [0.29, 0.717) is 5.75 Å². The summed E-state index contributed by atoms with van der Waals surface area (Å²) in [5.74, 6) is -0.587. The molecule has 112 valence electrons. The fourth-order valence-electron chi connectivity index (χ4n) is 2.06. The maximum atomic E-state index is 13.9. The molecule has 0 aliphatic rings. The molecule has 2 aromatic carbocycles. The zero-order valence-electron chi connectivity index (χ0n) is 12.2. The molecule has 0 N–H and O–H groups in total. The topological polar surface area (TPSA) is 9.23 Å². The number of benzene rings is 2. The quantitative estimate of drug-likeness (QED) is 0.651. The second-order valence-electron chi connectivity index (χ2n) is 5.86. The van der Waals surface area contributed by atoms with E-state index in [4.69, 9.17) is 4.74 Å². The summed E-state index contributed by atoms with van der Waals surface area (Å²) in [4.78, 5) is 0. The second kappa shape index (κ2) is 6.14. The highest BCUT2D eigenvalue weighted by atomic mass is 79.9. The van der Waals surface area contributed by atoms with E-state index in [1.165, 1.54) is 12.1 Å². The van der Waals surface area contributed by atoms with Gasteiger partial charge in [0.15, 0.2) is 0 Å². The SMILES string of the molecule is CC(C)(C)c1ccccc1OCc1c(F)ccc(Br)c1F. The number of halogens is 3. The smallest absolute Gasteiger partial charge is 0.146 e. The Labute approximate surface area is 132 Å². The number of hydrogen-bond donors (Lipinski definition) is 0. The van der Waals surface area contributed by atoms with Crippen molar-refractivity contribution in [2.24, 2.45) is 0 Å². The van der Waals surface area contributed by atoms with Gasteiger partial charge in [0.05, 0.1) is 10.0 Å². The van der Waals surface area contributed by atoms with Gasteiger partial charge in [-0.1, -0.05) is 39.0 Å². The molecule has 0 spiro atoms. The fraction of sp³-hybridized carbons (Fsp3) is 0.294. The molecule has 2 aromatic rings. The molecule has 0 bridgehead atoms. The predicted octanol–water partition coefficient (Wildman–Crippen LogP) is 5.60. The van der Waals surface area contributed by atoms with E-state index in [-0.39, 0.29) is 22.1 Å². The van der Waals surface area contributed by atoms with Crippen molar-refractivity contribution in [1.29, 1.82) is 0 Å². The summed E-state index contributed by atoms with van der Waals surface area (Å²) in [7, 11) is 0. The van der Waals surface area contributed by atoms with Crippen LogP contribution in [0.15, 0.2) is 40.9 Å². The van der Waals surface area contributed by atoms with Crippen molar-refractivity contribution < 1.29 is 13.5 Å². The standard InChI is InChI=1S/C17H17BrF2O/c1-17(2,3)12-6-4-5-7-15(12)21-10-11-14(19)9-8-13(18)16(11)20/h4-9H,10H2,1-3H3. The molecule has 0 amide bonds. The molecule has 4 heteroatoms. The summed E-state index contributed by atoms with van der Waals surface area (Å²) in [6, 6.07) is 10.1. The summed E-state index contributed by atoms with van der Waals surface area (Å²) in [5.41, 5.74) is 0.819. The molecular formula is C17H17BrF2O. The Balaban J connectivity index is 2.28. The van der Waals surface area contributed by atoms with Crippen LogP contribution in [0.3, 0.4) is 0 Å². The summed E-state index contributed by atoms with van der Waals surface area (Å²) in [6.07, 6.45) is 0. The molecule has 0 fully saturated rings. The minimum Gasteiger partial charge on any atom is -0.488 e. The Bertz CT molecular complexity index is 648. The monoisotopic (exact) mass is 354 g/mol. The molecule has 0 aliphatic heterocycles. The predicted molar refractivity (Wildman–Crippen MR) is 83.5 cm³/mol. The highest BCUT2D eigenvalue weighted by Gasteiger charge is 2.19. The van der Waals surface area contributed by atoms with Gasteiger partial charge in [-0.2, -0.15) is 0 Å². The third-order valence-corrected chi connectivity index (χ3v) is 3.82. The molecule has 1 nitrogen and oxygen atoms in total. The second-order valence-corrected chi connectivity index (χ2v) is 6.71. The van der Waals surface area contributed by atoms with Gasteiger partial charge in [0.25, 0.3) is 0 Å². The van der Waals surface area contributed by atoms with Crippen LogP contribution >= 0.6 is 15.9 Å². The van der Waals surface area contributed by atoms with Crippen LogP contribution in [0.25, 0.3) is 0 Å². The average Bonchev–Trinajstić information content (AvgIpc) is 2.42. The first-order valence-electron chi connectivity index (χ1n) is 6.65. The van der Waals surface area contributed by atoms with E-state index in [1.807, 2.05) is 24.3 Å². The van der Waals surface area contributed by atoms with Crippen molar-refractivity contribution in [2.45, 2.75) is 32.8 Å². The maximum Gasteiger partial charge on any atom is 0.146 e. The van der Waals surface area contributed by atoms with Crippen molar-refractivity contribution in [3.05, 3.63) is 63.6 Å². The van der Waals surface area contributed by atoms with Crippen LogP contribution in [-0.4, -0.2) is 0 Å². The Morgan fingerprint density at radius 3 is 2.38 bits per heavy atom. The van der Waals surface area contributed by atoms with Crippen LogP contribution < -0.4 is 4.74 Å². The van der Waals surface area contributed by atoms with Crippen molar-refractivity contribution in [1.82, 2.24) is 0 Å². The number of rotatable bonds is 3. The number of ether oxygens (including phenoxy) is 1. The van der Waals surface area contributed by atoms with Crippen LogP contribution in [0.1, 0.15) is 31.9 Å². The van der Waals surface area contributed by atoms with Crippen LogP contribution in [-0.2, 0) is 12.0 Å². The first kappa shape index (κ1) is 16.0. The van der Waals surface area contributed by atoms with E-state index in [9.17, 15) is 8.78 Å². The van der Waals surface area contributed by atoms with E-state index >= 15 is 0 Å². The maximum absolute atomic E-state index is 13.9. The Hall–Kier alpha value is -1.42. The molecule has 21 heavy (non-hydrogen) atoms. The van der Waals surface area contributed by atoms with Gasteiger partial charge in [0.2, 0.25) is 0 Å². The third kappa shape index (κ3) is 3.62. The van der Waals surface area contributed by atoms with Gasteiger partial charge in [0, 0.05) is 0 Å².